The third-order valence-corrected chi connectivity index (χ3v) is 7.64. The minimum Gasteiger partial charge on any atom is -0.383 e. The smallest absolute Gasteiger partial charge is 0.230 e. The van der Waals surface area contributed by atoms with Gasteiger partial charge in [-0.2, -0.15) is 0 Å². The average Bonchev–Trinajstić information content (AvgIpc) is 3.45. The lowest BCUT2D eigenvalue weighted by Gasteiger charge is -2.28. The normalized spacial score (nSPS) is 25.2. The summed E-state index contributed by atoms with van der Waals surface area (Å²) in [5, 5.41) is 2.16. The van der Waals surface area contributed by atoms with E-state index < -0.39 is 0 Å². The van der Waals surface area contributed by atoms with Crippen LogP contribution in [0.15, 0.2) is 24.0 Å². The largest absolute Gasteiger partial charge is 0.383 e. The predicted molar refractivity (Wildman–Crippen MR) is 115 cm³/mol. The zero-order valence-corrected chi connectivity index (χ0v) is 18.7. The molecule has 2 saturated heterocycles. The Morgan fingerprint density at radius 3 is 2.90 bits per heavy atom. The number of nitrogens with zero attached hydrogens (tertiary/aromatic N) is 4. The quantitative estimate of drug-likeness (QED) is 0.695. The number of amides is 1. The monoisotopic (exact) mass is 416 g/mol. The van der Waals surface area contributed by atoms with Gasteiger partial charge in [-0.3, -0.25) is 9.69 Å². The molecule has 4 rings (SSSR count). The van der Waals surface area contributed by atoms with Gasteiger partial charge >= 0.3 is 0 Å². The number of hydrogen-bond acceptors (Lipinski definition) is 5. The molecule has 2 aliphatic heterocycles. The molecule has 7 heteroatoms. The first kappa shape index (κ1) is 20.6. The Balaban J connectivity index is 1.62. The molecule has 2 aromatic heterocycles. The van der Waals surface area contributed by atoms with E-state index in [9.17, 15) is 4.79 Å². The van der Waals surface area contributed by atoms with Gasteiger partial charge in [0.1, 0.15) is 0 Å². The Morgan fingerprint density at radius 1 is 1.41 bits per heavy atom. The van der Waals surface area contributed by atoms with Crippen molar-refractivity contribution in [1.29, 1.82) is 0 Å². The zero-order chi connectivity index (χ0) is 20.6. The van der Waals surface area contributed by atoms with Crippen LogP contribution in [0.5, 0.6) is 0 Å². The topological polar surface area (TPSA) is 50.6 Å². The van der Waals surface area contributed by atoms with Crippen LogP contribution >= 0.6 is 11.3 Å². The molecular formula is C22H32N4O2S. The molecule has 4 heterocycles. The number of rotatable bonds is 7. The second-order valence-corrected chi connectivity index (χ2v) is 9.78. The van der Waals surface area contributed by atoms with E-state index >= 15 is 0 Å². The van der Waals surface area contributed by atoms with Crippen LogP contribution in [0.2, 0.25) is 0 Å². The molecule has 2 aromatic rings. The van der Waals surface area contributed by atoms with Crippen LogP contribution < -0.4 is 0 Å². The minimum absolute atomic E-state index is 0.141. The molecule has 0 bridgehead atoms. The zero-order valence-electron chi connectivity index (χ0n) is 17.9. The Bertz CT molecular complexity index is 861. The summed E-state index contributed by atoms with van der Waals surface area (Å²) in [7, 11) is 1.69. The molecule has 1 spiro atoms. The van der Waals surface area contributed by atoms with Crippen LogP contribution in [0.3, 0.4) is 0 Å². The van der Waals surface area contributed by atoms with Crippen molar-refractivity contribution in [3.63, 3.8) is 0 Å². The fourth-order valence-electron chi connectivity index (χ4n) is 4.83. The van der Waals surface area contributed by atoms with Gasteiger partial charge in [-0.25, -0.2) is 4.98 Å². The van der Waals surface area contributed by atoms with E-state index in [2.05, 4.69) is 47.9 Å². The van der Waals surface area contributed by atoms with Gasteiger partial charge in [0.15, 0.2) is 0 Å². The van der Waals surface area contributed by atoms with Crippen molar-refractivity contribution >= 4 is 17.2 Å². The highest BCUT2D eigenvalue weighted by atomic mass is 32.1. The summed E-state index contributed by atoms with van der Waals surface area (Å²) in [4.78, 5) is 24.2. The maximum Gasteiger partial charge on any atom is 0.230 e. The standard InChI is InChI=1S/C22H32N4O2S/c1-16(2)26-12-19(23-15-26)18-11-24(13-20-17(3)5-10-29-20)14-22(18)6-7-25(21(22)27)8-9-28-4/h5,10,12,15-16,18H,6-9,11,13-14H2,1-4H3. The minimum atomic E-state index is -0.366. The van der Waals surface area contributed by atoms with Crippen molar-refractivity contribution in [1.82, 2.24) is 19.4 Å². The van der Waals surface area contributed by atoms with E-state index in [1.165, 1.54) is 10.4 Å². The Morgan fingerprint density at radius 2 is 2.24 bits per heavy atom. The average molecular weight is 417 g/mol. The molecule has 1 amide bonds. The molecule has 0 N–H and O–H groups in total. The van der Waals surface area contributed by atoms with E-state index in [0.717, 1.165) is 38.3 Å². The van der Waals surface area contributed by atoms with Crippen LogP contribution in [-0.2, 0) is 16.1 Å². The molecule has 0 aromatic carbocycles. The van der Waals surface area contributed by atoms with Crippen LogP contribution in [0, 0.1) is 12.3 Å². The fraction of sp³-hybridized carbons (Fsp3) is 0.636. The fourth-order valence-corrected chi connectivity index (χ4v) is 5.78. The molecule has 2 unspecified atom stereocenters. The highest BCUT2D eigenvalue weighted by molar-refractivity contribution is 7.10. The molecule has 2 fully saturated rings. The number of imidazole rings is 1. The number of likely N-dealkylation sites (tertiary alicyclic amines) is 2. The number of aromatic nitrogens is 2. The molecule has 29 heavy (non-hydrogen) atoms. The van der Waals surface area contributed by atoms with Crippen LogP contribution in [-0.4, -0.2) is 65.2 Å². The maximum atomic E-state index is 13.6. The van der Waals surface area contributed by atoms with Crippen molar-refractivity contribution in [2.24, 2.45) is 5.41 Å². The first-order chi connectivity index (χ1) is 13.9. The van der Waals surface area contributed by atoms with E-state index in [4.69, 9.17) is 9.72 Å². The molecule has 158 valence electrons. The van der Waals surface area contributed by atoms with E-state index in [1.54, 1.807) is 7.11 Å². The third kappa shape index (κ3) is 3.76. The van der Waals surface area contributed by atoms with Gasteiger partial charge in [0.25, 0.3) is 0 Å². The number of ether oxygens (including phenoxy) is 1. The van der Waals surface area contributed by atoms with Crippen LogP contribution in [0.25, 0.3) is 0 Å². The highest BCUT2D eigenvalue weighted by Gasteiger charge is 2.57. The first-order valence-electron chi connectivity index (χ1n) is 10.5. The molecule has 2 atom stereocenters. The number of hydrogen-bond donors (Lipinski definition) is 0. The van der Waals surface area contributed by atoms with Gasteiger partial charge < -0.3 is 14.2 Å². The number of methoxy groups -OCH3 is 1. The SMILES string of the molecule is COCCN1CCC2(CN(Cc3sccc3C)CC2c2cn(C(C)C)cn2)C1=O. The van der Waals surface area contributed by atoms with Crippen molar-refractivity contribution in [3.05, 3.63) is 40.1 Å². The summed E-state index contributed by atoms with van der Waals surface area (Å²) >= 11 is 1.81. The number of thiophene rings is 1. The summed E-state index contributed by atoms with van der Waals surface area (Å²) in [6.07, 6.45) is 4.97. The van der Waals surface area contributed by atoms with Gasteiger partial charge in [-0.05, 0) is 44.2 Å². The first-order valence-corrected chi connectivity index (χ1v) is 11.4. The van der Waals surface area contributed by atoms with Gasteiger partial charge in [0, 0.05) is 62.9 Å². The van der Waals surface area contributed by atoms with Crippen LogP contribution in [0.4, 0.5) is 0 Å². The van der Waals surface area contributed by atoms with Crippen molar-refractivity contribution in [2.45, 2.75) is 45.7 Å². The molecule has 2 aliphatic rings. The van der Waals surface area contributed by atoms with E-state index in [1.807, 2.05) is 22.6 Å². The Hall–Kier alpha value is -1.70. The lowest BCUT2D eigenvalue weighted by molar-refractivity contribution is -0.136. The Kier molecular flexibility index (Phi) is 5.82. The lowest BCUT2D eigenvalue weighted by Crippen LogP contribution is -2.40. The number of carbonyl (C=O) groups is 1. The van der Waals surface area contributed by atoms with Crippen LogP contribution in [0.1, 0.15) is 48.4 Å². The predicted octanol–water partition coefficient (Wildman–Crippen LogP) is 3.30. The summed E-state index contributed by atoms with van der Waals surface area (Å²) in [5.41, 5.74) is 2.04. The molecular weight excluding hydrogens is 384 g/mol. The number of carbonyl (C=O) groups excluding carboxylic acids is 1. The molecule has 0 aliphatic carbocycles. The van der Waals surface area contributed by atoms with Gasteiger partial charge in [-0.15, -0.1) is 11.3 Å². The van der Waals surface area contributed by atoms with Gasteiger partial charge in [0.05, 0.1) is 24.0 Å². The molecule has 0 saturated carbocycles. The van der Waals surface area contributed by atoms with Gasteiger partial charge in [-0.1, -0.05) is 0 Å². The summed E-state index contributed by atoms with van der Waals surface area (Å²) < 4.78 is 7.38. The van der Waals surface area contributed by atoms with Crippen molar-refractivity contribution < 1.29 is 9.53 Å². The second-order valence-electron chi connectivity index (χ2n) is 8.78. The maximum absolute atomic E-state index is 13.6. The van der Waals surface area contributed by atoms with Crippen molar-refractivity contribution in [3.8, 4) is 0 Å². The summed E-state index contributed by atoms with van der Waals surface area (Å²) in [5.74, 6) is 0.423. The van der Waals surface area contributed by atoms with Crippen molar-refractivity contribution in [2.75, 3.05) is 39.9 Å². The third-order valence-electron chi connectivity index (χ3n) is 6.63. The van der Waals surface area contributed by atoms with E-state index in [0.29, 0.717) is 19.2 Å². The molecule has 6 nitrogen and oxygen atoms in total. The van der Waals surface area contributed by atoms with E-state index in [-0.39, 0.29) is 17.2 Å². The summed E-state index contributed by atoms with van der Waals surface area (Å²) in [6.45, 7) is 11.2. The van der Waals surface area contributed by atoms with Gasteiger partial charge in [0.2, 0.25) is 5.91 Å². The lowest BCUT2D eigenvalue weighted by atomic mass is 9.75. The number of aryl methyl sites for hydroxylation is 1. The second kappa shape index (κ2) is 8.20. The highest BCUT2D eigenvalue weighted by Crippen LogP contribution is 2.50. The summed E-state index contributed by atoms with van der Waals surface area (Å²) in [6, 6.07) is 2.55. The molecule has 0 radical (unpaired) electrons. The Labute approximate surface area is 177 Å².